The molecule has 0 atom stereocenters. The highest BCUT2D eigenvalue weighted by Gasteiger charge is 2.17. The molecule has 2 rings (SSSR count). The van der Waals surface area contributed by atoms with Crippen molar-refractivity contribution in [2.45, 2.75) is 38.7 Å². The Kier molecular flexibility index (Phi) is 6.16. The molecule has 0 saturated carbocycles. The van der Waals surface area contributed by atoms with Gasteiger partial charge < -0.3 is 10.0 Å². The van der Waals surface area contributed by atoms with Crippen molar-refractivity contribution in [2.24, 2.45) is 5.92 Å². The van der Waals surface area contributed by atoms with E-state index in [-0.39, 0.29) is 5.91 Å². The molecule has 23 heavy (non-hydrogen) atoms. The number of amides is 1. The fraction of sp³-hybridized carbons (Fsp3) is 0.611. The first-order chi connectivity index (χ1) is 10.8. The molecule has 1 aliphatic heterocycles. The van der Waals surface area contributed by atoms with Crippen LogP contribution in [-0.2, 0) is 6.42 Å². The second kappa shape index (κ2) is 7.90. The van der Waals surface area contributed by atoms with Gasteiger partial charge in [-0.2, -0.15) is 0 Å². The molecule has 128 valence electrons. The predicted octanol–water partition coefficient (Wildman–Crippen LogP) is 1.58. The van der Waals surface area contributed by atoms with Crippen molar-refractivity contribution < 1.29 is 9.90 Å². The maximum absolute atomic E-state index is 12.4. The average Bonchev–Trinajstić information content (AvgIpc) is 3.03. The molecule has 5 heteroatoms. The molecule has 0 bridgehead atoms. The van der Waals surface area contributed by atoms with Crippen LogP contribution in [0.2, 0.25) is 0 Å². The van der Waals surface area contributed by atoms with Crippen molar-refractivity contribution >= 4 is 5.91 Å². The van der Waals surface area contributed by atoms with Crippen LogP contribution in [0.25, 0.3) is 0 Å². The molecule has 0 spiro atoms. The summed E-state index contributed by atoms with van der Waals surface area (Å²) < 4.78 is 0. The fourth-order valence-electron chi connectivity index (χ4n) is 2.67. The van der Waals surface area contributed by atoms with Gasteiger partial charge in [-0.15, -0.1) is 0 Å². The predicted molar refractivity (Wildman–Crippen MR) is 92.1 cm³/mol. The van der Waals surface area contributed by atoms with Gasteiger partial charge in [-0.3, -0.25) is 15.6 Å². The summed E-state index contributed by atoms with van der Waals surface area (Å²) in [6.07, 6.45) is 2.53. The summed E-state index contributed by atoms with van der Waals surface area (Å²) in [6.45, 7) is 6.34. The first-order valence-electron chi connectivity index (χ1n) is 8.38. The smallest absolute Gasteiger partial charge is 0.253 e. The summed E-state index contributed by atoms with van der Waals surface area (Å²) in [5.41, 5.74) is 7.45. The molecule has 1 amide bonds. The van der Waals surface area contributed by atoms with Crippen molar-refractivity contribution in [3.05, 3.63) is 35.4 Å². The standard InChI is InChI=1S/C18H29N3O2/c1-18(2,23)10-8-14-4-6-16(7-5-14)17(22)21(3)11-9-15-12-19-20-13-15/h4-7,15,19-20,23H,8-13H2,1-3H3. The van der Waals surface area contributed by atoms with E-state index in [2.05, 4.69) is 10.9 Å². The number of nitrogens with one attached hydrogen (secondary N) is 2. The summed E-state index contributed by atoms with van der Waals surface area (Å²) >= 11 is 0. The van der Waals surface area contributed by atoms with E-state index in [9.17, 15) is 9.90 Å². The molecule has 0 aromatic heterocycles. The van der Waals surface area contributed by atoms with E-state index in [4.69, 9.17) is 0 Å². The van der Waals surface area contributed by atoms with Crippen LogP contribution in [0.15, 0.2) is 24.3 Å². The molecular formula is C18H29N3O2. The average molecular weight is 319 g/mol. The number of aliphatic hydroxyl groups is 1. The number of benzene rings is 1. The maximum Gasteiger partial charge on any atom is 0.253 e. The Morgan fingerprint density at radius 1 is 1.26 bits per heavy atom. The summed E-state index contributed by atoms with van der Waals surface area (Å²) in [6, 6.07) is 7.74. The quantitative estimate of drug-likeness (QED) is 0.714. The summed E-state index contributed by atoms with van der Waals surface area (Å²) in [4.78, 5) is 14.2. The number of rotatable bonds is 7. The van der Waals surface area contributed by atoms with E-state index in [1.807, 2.05) is 45.2 Å². The molecule has 0 aliphatic carbocycles. The Morgan fingerprint density at radius 2 is 1.87 bits per heavy atom. The van der Waals surface area contributed by atoms with Crippen LogP contribution in [0.5, 0.6) is 0 Å². The lowest BCUT2D eigenvalue weighted by Gasteiger charge is -2.19. The number of carbonyl (C=O) groups is 1. The van der Waals surface area contributed by atoms with Gasteiger partial charge >= 0.3 is 0 Å². The van der Waals surface area contributed by atoms with E-state index in [0.717, 1.165) is 43.6 Å². The molecular weight excluding hydrogens is 290 g/mol. The van der Waals surface area contributed by atoms with Crippen LogP contribution in [0.4, 0.5) is 0 Å². The van der Waals surface area contributed by atoms with E-state index in [1.165, 1.54) is 0 Å². The van der Waals surface area contributed by atoms with Crippen LogP contribution < -0.4 is 10.9 Å². The number of hydrogen-bond donors (Lipinski definition) is 3. The summed E-state index contributed by atoms with van der Waals surface area (Å²) in [7, 11) is 1.86. The van der Waals surface area contributed by atoms with Crippen molar-refractivity contribution in [1.29, 1.82) is 0 Å². The molecule has 1 heterocycles. The van der Waals surface area contributed by atoms with Crippen LogP contribution >= 0.6 is 0 Å². The van der Waals surface area contributed by atoms with Crippen molar-refractivity contribution in [1.82, 2.24) is 15.8 Å². The summed E-state index contributed by atoms with van der Waals surface area (Å²) in [5, 5.41) is 9.77. The maximum atomic E-state index is 12.4. The van der Waals surface area contributed by atoms with Crippen molar-refractivity contribution in [2.75, 3.05) is 26.7 Å². The zero-order valence-electron chi connectivity index (χ0n) is 14.4. The first-order valence-corrected chi connectivity index (χ1v) is 8.38. The molecule has 1 aromatic carbocycles. The van der Waals surface area contributed by atoms with Gasteiger partial charge in [-0.05, 0) is 56.7 Å². The first kappa shape index (κ1) is 17.9. The van der Waals surface area contributed by atoms with Crippen molar-refractivity contribution in [3.63, 3.8) is 0 Å². The largest absolute Gasteiger partial charge is 0.390 e. The molecule has 1 aromatic rings. The minimum atomic E-state index is -0.654. The minimum absolute atomic E-state index is 0.0675. The minimum Gasteiger partial charge on any atom is -0.390 e. The third-order valence-electron chi connectivity index (χ3n) is 4.35. The van der Waals surface area contributed by atoms with Gasteiger partial charge in [0.25, 0.3) is 5.91 Å². The van der Waals surface area contributed by atoms with Crippen LogP contribution in [-0.4, -0.2) is 48.2 Å². The number of hydrazine groups is 1. The lowest BCUT2D eigenvalue weighted by molar-refractivity contribution is 0.0713. The van der Waals surface area contributed by atoms with Crippen LogP contribution in [0.1, 0.15) is 42.6 Å². The third kappa shape index (κ3) is 5.94. The van der Waals surface area contributed by atoms with E-state index < -0.39 is 5.60 Å². The SMILES string of the molecule is CN(CCC1CNNC1)C(=O)c1ccc(CCC(C)(C)O)cc1. The Morgan fingerprint density at radius 3 is 2.43 bits per heavy atom. The highest BCUT2D eigenvalue weighted by atomic mass is 16.3. The fourth-order valence-corrected chi connectivity index (χ4v) is 2.67. The van der Waals surface area contributed by atoms with Gasteiger partial charge in [0.2, 0.25) is 0 Å². The van der Waals surface area contributed by atoms with Gasteiger partial charge in [0, 0.05) is 32.2 Å². The zero-order valence-corrected chi connectivity index (χ0v) is 14.4. The number of carbonyl (C=O) groups excluding carboxylic acids is 1. The lowest BCUT2D eigenvalue weighted by atomic mass is 9.98. The topological polar surface area (TPSA) is 64.6 Å². The number of nitrogens with zero attached hydrogens (tertiary/aromatic N) is 1. The highest BCUT2D eigenvalue weighted by molar-refractivity contribution is 5.94. The van der Waals surface area contributed by atoms with Crippen LogP contribution in [0, 0.1) is 5.92 Å². The molecule has 1 saturated heterocycles. The van der Waals surface area contributed by atoms with Crippen LogP contribution in [0.3, 0.4) is 0 Å². The molecule has 1 fully saturated rings. The molecule has 3 N–H and O–H groups in total. The van der Waals surface area contributed by atoms with Crippen molar-refractivity contribution in [3.8, 4) is 0 Å². The normalized spacial score (nSPS) is 15.8. The monoisotopic (exact) mass is 319 g/mol. The number of hydrogen-bond acceptors (Lipinski definition) is 4. The Hall–Kier alpha value is -1.43. The van der Waals surface area contributed by atoms with Gasteiger partial charge in [0.1, 0.15) is 0 Å². The van der Waals surface area contributed by atoms with E-state index in [0.29, 0.717) is 12.3 Å². The molecule has 0 unspecified atom stereocenters. The second-order valence-electron chi connectivity index (χ2n) is 7.15. The third-order valence-corrected chi connectivity index (χ3v) is 4.35. The van der Waals surface area contributed by atoms with E-state index in [1.54, 1.807) is 4.90 Å². The highest BCUT2D eigenvalue weighted by Crippen LogP contribution is 2.15. The molecule has 5 nitrogen and oxygen atoms in total. The lowest BCUT2D eigenvalue weighted by Crippen LogP contribution is -2.29. The number of aryl methyl sites for hydroxylation is 1. The van der Waals surface area contributed by atoms with Gasteiger partial charge in [0.15, 0.2) is 0 Å². The van der Waals surface area contributed by atoms with Gasteiger partial charge in [-0.25, -0.2) is 0 Å². The molecule has 1 aliphatic rings. The summed E-state index contributed by atoms with van der Waals surface area (Å²) in [5.74, 6) is 0.660. The van der Waals surface area contributed by atoms with Gasteiger partial charge in [-0.1, -0.05) is 12.1 Å². The Balaban J connectivity index is 1.83. The Bertz CT molecular complexity index is 502. The molecule has 0 radical (unpaired) electrons. The zero-order chi connectivity index (χ0) is 16.9. The van der Waals surface area contributed by atoms with Gasteiger partial charge in [0.05, 0.1) is 5.60 Å². The van der Waals surface area contributed by atoms with E-state index >= 15 is 0 Å². The second-order valence-corrected chi connectivity index (χ2v) is 7.15. The Labute approximate surface area is 139 Å².